The van der Waals surface area contributed by atoms with E-state index in [0.29, 0.717) is 11.4 Å². The van der Waals surface area contributed by atoms with Gasteiger partial charge in [-0.3, -0.25) is 4.31 Å². The Bertz CT molecular complexity index is 1020. The molecular weight excluding hydrogens is 378 g/mol. The predicted octanol–water partition coefficient (Wildman–Crippen LogP) is 2.46. The predicted molar refractivity (Wildman–Crippen MR) is 107 cm³/mol. The maximum atomic E-state index is 13.3. The zero-order valence-corrected chi connectivity index (χ0v) is 16.6. The molecule has 148 valence electrons. The molecule has 1 aromatic heterocycles. The van der Waals surface area contributed by atoms with Gasteiger partial charge < -0.3 is 14.4 Å². The minimum atomic E-state index is -3.90. The van der Waals surface area contributed by atoms with Crippen molar-refractivity contribution in [3.05, 3.63) is 72.8 Å². The van der Waals surface area contributed by atoms with Gasteiger partial charge in [0.1, 0.15) is 11.6 Å². The first-order chi connectivity index (χ1) is 13.4. The molecule has 0 saturated carbocycles. The fraction of sp³-hybridized carbons (Fsp3) is 0.250. The number of anilines is 1. The van der Waals surface area contributed by atoms with Crippen LogP contribution in [0.1, 0.15) is 5.82 Å². The molecule has 0 aliphatic carbocycles. The summed E-state index contributed by atoms with van der Waals surface area (Å²) in [6.45, 7) is 1.92. The summed E-state index contributed by atoms with van der Waals surface area (Å²) in [6, 6.07) is 15.0. The van der Waals surface area contributed by atoms with Crippen molar-refractivity contribution >= 4 is 15.7 Å². The molecule has 1 heterocycles. The molecule has 0 unspecified atom stereocenters. The van der Waals surface area contributed by atoms with Gasteiger partial charge in [-0.25, -0.2) is 13.4 Å². The van der Waals surface area contributed by atoms with Crippen LogP contribution in [-0.4, -0.2) is 42.8 Å². The van der Waals surface area contributed by atoms with Gasteiger partial charge in [0, 0.05) is 12.4 Å². The first-order valence-electron chi connectivity index (χ1n) is 8.80. The number of hydrogen-bond acceptors (Lipinski definition) is 5. The van der Waals surface area contributed by atoms with Gasteiger partial charge >= 0.3 is 0 Å². The molecule has 0 aliphatic rings. The summed E-state index contributed by atoms with van der Waals surface area (Å²) in [5, 5.41) is 10.7. The van der Waals surface area contributed by atoms with Crippen LogP contribution in [0.3, 0.4) is 0 Å². The van der Waals surface area contributed by atoms with Crippen LogP contribution in [0.15, 0.2) is 71.9 Å². The summed E-state index contributed by atoms with van der Waals surface area (Å²) in [4.78, 5) is 4.28. The van der Waals surface area contributed by atoms with E-state index in [0.717, 1.165) is 5.82 Å². The van der Waals surface area contributed by atoms with Crippen LogP contribution >= 0.6 is 0 Å². The van der Waals surface area contributed by atoms with E-state index in [4.69, 9.17) is 4.74 Å². The summed E-state index contributed by atoms with van der Waals surface area (Å²) >= 11 is 0. The first kappa shape index (κ1) is 19.9. The number of benzene rings is 2. The van der Waals surface area contributed by atoms with E-state index in [1.807, 2.05) is 6.92 Å². The van der Waals surface area contributed by atoms with Gasteiger partial charge in [-0.2, -0.15) is 0 Å². The molecule has 28 heavy (non-hydrogen) atoms. The Balaban J connectivity index is 1.98. The molecule has 3 aromatic rings. The van der Waals surface area contributed by atoms with Crippen molar-refractivity contribution in [2.24, 2.45) is 0 Å². The third-order valence-corrected chi connectivity index (χ3v) is 6.19. The molecule has 1 atom stereocenters. The molecule has 8 heteroatoms. The number of aromatic nitrogens is 2. The summed E-state index contributed by atoms with van der Waals surface area (Å²) in [5.74, 6) is 1.15. The molecule has 1 N–H and O–H groups in total. The average molecular weight is 401 g/mol. The number of sulfonamides is 1. The summed E-state index contributed by atoms with van der Waals surface area (Å²) in [7, 11) is -2.42. The Labute approximate surface area is 164 Å². The number of methoxy groups -OCH3 is 1. The van der Waals surface area contributed by atoms with Crippen molar-refractivity contribution in [1.29, 1.82) is 0 Å². The SMILES string of the molecule is COc1ccccc1N(C[C@H](O)Cn1ccnc1C)S(=O)(=O)c1ccccc1. The van der Waals surface area contributed by atoms with Crippen LogP contribution in [0.25, 0.3) is 0 Å². The first-order valence-corrected chi connectivity index (χ1v) is 10.2. The molecule has 0 fully saturated rings. The fourth-order valence-corrected chi connectivity index (χ4v) is 4.49. The second-order valence-electron chi connectivity index (χ2n) is 6.30. The maximum absolute atomic E-state index is 13.3. The van der Waals surface area contributed by atoms with E-state index in [9.17, 15) is 13.5 Å². The number of imidazole rings is 1. The highest BCUT2D eigenvalue weighted by atomic mass is 32.2. The fourth-order valence-electron chi connectivity index (χ4n) is 2.95. The van der Waals surface area contributed by atoms with Crippen LogP contribution in [0.4, 0.5) is 5.69 Å². The number of aliphatic hydroxyl groups excluding tert-OH is 1. The van der Waals surface area contributed by atoms with Gasteiger partial charge in [0.2, 0.25) is 0 Å². The highest BCUT2D eigenvalue weighted by molar-refractivity contribution is 7.92. The molecule has 0 amide bonds. The Morgan fingerprint density at radius 2 is 1.82 bits per heavy atom. The smallest absolute Gasteiger partial charge is 0.264 e. The van der Waals surface area contributed by atoms with E-state index < -0.39 is 16.1 Å². The van der Waals surface area contributed by atoms with Crippen LogP contribution in [0, 0.1) is 6.92 Å². The van der Waals surface area contributed by atoms with Gasteiger partial charge in [0.25, 0.3) is 10.0 Å². The Hall–Kier alpha value is -2.84. The Morgan fingerprint density at radius 1 is 1.14 bits per heavy atom. The summed E-state index contributed by atoms with van der Waals surface area (Å²) in [5.41, 5.74) is 0.371. The van der Waals surface area contributed by atoms with Crippen LogP contribution in [0.5, 0.6) is 5.75 Å². The lowest BCUT2D eigenvalue weighted by atomic mass is 10.2. The molecule has 0 radical (unpaired) electrons. The minimum absolute atomic E-state index is 0.130. The van der Waals surface area contributed by atoms with E-state index in [1.165, 1.54) is 23.5 Å². The molecule has 0 spiro atoms. The number of aryl methyl sites for hydroxylation is 1. The molecular formula is C20H23N3O4S. The van der Waals surface area contributed by atoms with Crippen molar-refractivity contribution in [2.75, 3.05) is 18.0 Å². The van der Waals surface area contributed by atoms with Gasteiger partial charge in [-0.15, -0.1) is 0 Å². The Kier molecular flexibility index (Phi) is 6.01. The zero-order valence-electron chi connectivity index (χ0n) is 15.8. The van der Waals surface area contributed by atoms with Crippen molar-refractivity contribution in [2.45, 2.75) is 24.5 Å². The number of aliphatic hydroxyl groups is 1. The van der Waals surface area contributed by atoms with Crippen LogP contribution in [-0.2, 0) is 16.6 Å². The molecule has 0 aliphatic heterocycles. The lowest BCUT2D eigenvalue weighted by Gasteiger charge is -2.28. The van der Waals surface area contributed by atoms with Crippen LogP contribution in [0.2, 0.25) is 0 Å². The highest BCUT2D eigenvalue weighted by Crippen LogP contribution is 2.32. The topological polar surface area (TPSA) is 84.7 Å². The maximum Gasteiger partial charge on any atom is 0.264 e. The van der Waals surface area contributed by atoms with E-state index in [2.05, 4.69) is 4.98 Å². The molecule has 0 bridgehead atoms. The summed E-state index contributed by atoms with van der Waals surface area (Å²) in [6.07, 6.45) is 2.44. The van der Waals surface area contributed by atoms with Crippen LogP contribution < -0.4 is 9.04 Å². The second kappa shape index (κ2) is 8.45. The number of ether oxygens (including phenoxy) is 1. The van der Waals surface area contributed by atoms with E-state index in [-0.39, 0.29) is 18.0 Å². The number of rotatable bonds is 8. The monoisotopic (exact) mass is 401 g/mol. The molecule has 2 aromatic carbocycles. The quantitative estimate of drug-likeness (QED) is 0.627. The molecule has 3 rings (SSSR count). The number of para-hydroxylation sites is 2. The summed E-state index contributed by atoms with van der Waals surface area (Å²) < 4.78 is 35.0. The normalized spacial score (nSPS) is 12.5. The third kappa shape index (κ3) is 4.18. The lowest BCUT2D eigenvalue weighted by molar-refractivity contribution is 0.162. The van der Waals surface area contributed by atoms with Crippen molar-refractivity contribution in [3.8, 4) is 5.75 Å². The van der Waals surface area contributed by atoms with Gasteiger partial charge in [-0.05, 0) is 31.2 Å². The molecule has 7 nitrogen and oxygen atoms in total. The third-order valence-electron chi connectivity index (χ3n) is 4.39. The average Bonchev–Trinajstić information content (AvgIpc) is 3.11. The van der Waals surface area contributed by atoms with Gasteiger partial charge in [0.05, 0.1) is 36.9 Å². The van der Waals surface area contributed by atoms with E-state index in [1.54, 1.807) is 59.4 Å². The van der Waals surface area contributed by atoms with Crippen molar-refractivity contribution in [1.82, 2.24) is 9.55 Å². The second-order valence-corrected chi connectivity index (χ2v) is 8.16. The lowest BCUT2D eigenvalue weighted by Crippen LogP contribution is -2.39. The number of hydrogen-bond donors (Lipinski definition) is 1. The van der Waals surface area contributed by atoms with Gasteiger partial charge in [0.15, 0.2) is 0 Å². The van der Waals surface area contributed by atoms with E-state index >= 15 is 0 Å². The largest absolute Gasteiger partial charge is 0.495 e. The Morgan fingerprint density at radius 3 is 2.46 bits per heavy atom. The van der Waals surface area contributed by atoms with Crippen molar-refractivity contribution < 1.29 is 18.3 Å². The zero-order chi connectivity index (χ0) is 20.1. The molecule has 0 saturated heterocycles. The van der Waals surface area contributed by atoms with Crippen molar-refractivity contribution in [3.63, 3.8) is 0 Å². The minimum Gasteiger partial charge on any atom is -0.495 e. The standard InChI is InChI=1S/C20H23N3O4S/c1-16-21-12-13-22(16)14-17(24)15-23(19-10-6-7-11-20(19)27-2)28(25,26)18-8-4-3-5-9-18/h3-13,17,24H,14-15H2,1-2H3/t17-/m1/s1. The van der Waals surface area contributed by atoms with Gasteiger partial charge in [-0.1, -0.05) is 30.3 Å². The highest BCUT2D eigenvalue weighted by Gasteiger charge is 2.29. The number of nitrogens with zero attached hydrogens (tertiary/aromatic N) is 3.